The van der Waals surface area contributed by atoms with Gasteiger partial charge in [0.1, 0.15) is 10.7 Å². The summed E-state index contributed by atoms with van der Waals surface area (Å²) in [5, 5.41) is 9.67. The molecule has 0 aliphatic rings. The van der Waals surface area contributed by atoms with E-state index in [4.69, 9.17) is 23.2 Å². The van der Waals surface area contributed by atoms with Crippen molar-refractivity contribution in [2.45, 2.75) is 11.4 Å². The van der Waals surface area contributed by atoms with Gasteiger partial charge in [0.15, 0.2) is 5.75 Å². The third-order valence-corrected chi connectivity index (χ3v) is 4.24. The number of hydrogen-bond donors (Lipinski definition) is 2. The quantitative estimate of drug-likeness (QED) is 0.892. The van der Waals surface area contributed by atoms with Crippen LogP contribution in [-0.2, 0) is 16.6 Å². The first-order valence-corrected chi connectivity index (χ1v) is 7.57. The molecule has 2 rings (SSSR count). The van der Waals surface area contributed by atoms with E-state index in [1.165, 1.54) is 18.5 Å². The van der Waals surface area contributed by atoms with Crippen LogP contribution in [-0.4, -0.2) is 23.5 Å². The Hall–Kier alpha value is -1.41. The molecule has 1 aromatic heterocycles. The number of phenols is 1. The third-order valence-electron chi connectivity index (χ3n) is 2.32. The van der Waals surface area contributed by atoms with E-state index in [1.807, 2.05) is 0 Å². The van der Waals surface area contributed by atoms with Crippen molar-refractivity contribution in [1.29, 1.82) is 0 Å². The van der Waals surface area contributed by atoms with E-state index in [2.05, 4.69) is 14.7 Å². The van der Waals surface area contributed by atoms with E-state index in [0.717, 1.165) is 6.07 Å². The minimum atomic E-state index is -3.98. The zero-order chi connectivity index (χ0) is 14.8. The fourth-order valence-corrected chi connectivity index (χ4v) is 3.14. The van der Waals surface area contributed by atoms with Crippen molar-refractivity contribution < 1.29 is 13.5 Å². The average molecular weight is 334 g/mol. The minimum Gasteiger partial charge on any atom is -0.505 e. The summed E-state index contributed by atoms with van der Waals surface area (Å²) in [6.07, 6.45) is 2.98. The van der Waals surface area contributed by atoms with Crippen LogP contribution in [0.2, 0.25) is 10.0 Å². The number of halogens is 2. The summed E-state index contributed by atoms with van der Waals surface area (Å²) in [5.74, 6) is -0.263. The number of nitrogens with one attached hydrogen (secondary N) is 1. The number of hydrogen-bond acceptors (Lipinski definition) is 5. The Morgan fingerprint density at radius 3 is 2.50 bits per heavy atom. The zero-order valence-electron chi connectivity index (χ0n) is 9.92. The molecule has 0 saturated carbocycles. The molecule has 0 atom stereocenters. The molecule has 0 aliphatic carbocycles. The van der Waals surface area contributed by atoms with Crippen molar-refractivity contribution in [3.8, 4) is 5.75 Å². The predicted molar refractivity (Wildman–Crippen MR) is 74.2 cm³/mol. The molecule has 1 aromatic carbocycles. The van der Waals surface area contributed by atoms with Crippen molar-refractivity contribution in [1.82, 2.24) is 14.7 Å². The SMILES string of the molecule is O=S(=O)(NCc1ncccn1)c1cc(Cl)cc(Cl)c1O. The van der Waals surface area contributed by atoms with Crippen LogP contribution in [0.5, 0.6) is 5.75 Å². The standard InChI is InChI=1S/C11H9Cl2N3O3S/c12-7-4-8(13)11(17)9(5-7)20(18,19)16-6-10-14-2-1-3-15-10/h1-5,16-17H,6H2. The van der Waals surface area contributed by atoms with Crippen LogP contribution in [0, 0.1) is 0 Å². The second-order valence-electron chi connectivity index (χ2n) is 3.72. The molecule has 0 spiro atoms. The fourth-order valence-electron chi connectivity index (χ4n) is 1.41. The van der Waals surface area contributed by atoms with Crippen molar-refractivity contribution in [2.24, 2.45) is 0 Å². The van der Waals surface area contributed by atoms with Gasteiger partial charge in [0, 0.05) is 17.4 Å². The van der Waals surface area contributed by atoms with Crippen LogP contribution in [0.1, 0.15) is 5.82 Å². The van der Waals surface area contributed by atoms with Gasteiger partial charge in [-0.05, 0) is 18.2 Å². The lowest BCUT2D eigenvalue weighted by atomic mass is 10.3. The molecule has 6 nitrogen and oxygen atoms in total. The van der Waals surface area contributed by atoms with Gasteiger partial charge in [-0.3, -0.25) is 0 Å². The Morgan fingerprint density at radius 1 is 1.20 bits per heavy atom. The smallest absolute Gasteiger partial charge is 0.244 e. The van der Waals surface area contributed by atoms with Gasteiger partial charge in [0.2, 0.25) is 10.0 Å². The Bertz CT molecular complexity index is 723. The Kier molecular flexibility index (Phi) is 4.44. The highest BCUT2D eigenvalue weighted by atomic mass is 35.5. The lowest BCUT2D eigenvalue weighted by Gasteiger charge is -2.09. The maximum absolute atomic E-state index is 12.1. The van der Waals surface area contributed by atoms with E-state index < -0.39 is 20.7 Å². The van der Waals surface area contributed by atoms with Crippen molar-refractivity contribution in [2.75, 3.05) is 0 Å². The molecule has 20 heavy (non-hydrogen) atoms. The summed E-state index contributed by atoms with van der Waals surface area (Å²) in [4.78, 5) is 7.36. The number of sulfonamides is 1. The van der Waals surface area contributed by atoms with Gasteiger partial charge in [-0.15, -0.1) is 0 Å². The lowest BCUT2D eigenvalue weighted by Crippen LogP contribution is -2.24. The normalized spacial score (nSPS) is 11.5. The maximum atomic E-state index is 12.1. The number of aromatic hydroxyl groups is 1. The molecule has 0 fully saturated rings. The predicted octanol–water partition coefficient (Wildman–Crippen LogP) is 1.97. The Balaban J connectivity index is 2.27. The summed E-state index contributed by atoms with van der Waals surface area (Å²) < 4.78 is 26.4. The van der Waals surface area contributed by atoms with Crippen LogP contribution in [0.15, 0.2) is 35.5 Å². The molecule has 0 saturated heterocycles. The topological polar surface area (TPSA) is 92.2 Å². The molecule has 2 aromatic rings. The van der Waals surface area contributed by atoms with Gasteiger partial charge < -0.3 is 5.11 Å². The summed E-state index contributed by atoms with van der Waals surface area (Å²) >= 11 is 11.4. The summed E-state index contributed by atoms with van der Waals surface area (Å²) in [7, 11) is -3.98. The van der Waals surface area contributed by atoms with E-state index in [9.17, 15) is 13.5 Å². The minimum absolute atomic E-state index is 0.101. The van der Waals surface area contributed by atoms with E-state index in [-0.39, 0.29) is 16.6 Å². The maximum Gasteiger partial charge on any atom is 0.244 e. The lowest BCUT2D eigenvalue weighted by molar-refractivity contribution is 0.458. The van der Waals surface area contributed by atoms with Gasteiger partial charge in [0.05, 0.1) is 11.6 Å². The summed E-state index contributed by atoms with van der Waals surface area (Å²) in [6.45, 7) is -0.118. The van der Waals surface area contributed by atoms with E-state index in [1.54, 1.807) is 6.07 Å². The highest BCUT2D eigenvalue weighted by molar-refractivity contribution is 7.89. The molecular formula is C11H9Cl2N3O3S. The summed E-state index contributed by atoms with van der Waals surface area (Å²) in [5.41, 5.74) is 0. The molecule has 0 unspecified atom stereocenters. The molecule has 106 valence electrons. The summed E-state index contributed by atoms with van der Waals surface area (Å²) in [6, 6.07) is 3.97. The number of rotatable bonds is 4. The molecule has 0 aliphatic heterocycles. The van der Waals surface area contributed by atoms with Gasteiger partial charge in [-0.2, -0.15) is 0 Å². The molecular weight excluding hydrogens is 325 g/mol. The van der Waals surface area contributed by atoms with Gasteiger partial charge in [-0.25, -0.2) is 23.1 Å². The average Bonchev–Trinajstić information content (AvgIpc) is 2.42. The van der Waals surface area contributed by atoms with Crippen LogP contribution >= 0.6 is 23.2 Å². The van der Waals surface area contributed by atoms with Crippen LogP contribution in [0.25, 0.3) is 0 Å². The number of phenolic OH excluding ortho intramolecular Hbond substituents is 1. The molecule has 9 heteroatoms. The third kappa shape index (κ3) is 3.37. The number of benzene rings is 1. The number of nitrogens with zero attached hydrogens (tertiary/aromatic N) is 2. The monoisotopic (exact) mass is 333 g/mol. The second-order valence-corrected chi connectivity index (χ2v) is 6.30. The van der Waals surface area contributed by atoms with E-state index in [0.29, 0.717) is 5.82 Å². The molecule has 0 bridgehead atoms. The largest absolute Gasteiger partial charge is 0.505 e. The van der Waals surface area contributed by atoms with Crippen LogP contribution in [0.4, 0.5) is 0 Å². The van der Waals surface area contributed by atoms with Crippen LogP contribution < -0.4 is 4.72 Å². The zero-order valence-corrected chi connectivity index (χ0v) is 12.2. The molecule has 1 heterocycles. The molecule has 0 amide bonds. The Labute approximate surface area is 125 Å². The first kappa shape index (κ1) is 15.0. The van der Waals surface area contributed by atoms with E-state index >= 15 is 0 Å². The van der Waals surface area contributed by atoms with Gasteiger partial charge in [-0.1, -0.05) is 23.2 Å². The second kappa shape index (κ2) is 5.92. The fraction of sp³-hybridized carbons (Fsp3) is 0.0909. The highest BCUT2D eigenvalue weighted by Crippen LogP contribution is 2.33. The van der Waals surface area contributed by atoms with Crippen LogP contribution in [0.3, 0.4) is 0 Å². The van der Waals surface area contributed by atoms with Gasteiger partial charge >= 0.3 is 0 Å². The van der Waals surface area contributed by atoms with Crippen molar-refractivity contribution in [3.63, 3.8) is 0 Å². The first-order valence-electron chi connectivity index (χ1n) is 5.34. The number of aromatic nitrogens is 2. The molecule has 0 radical (unpaired) electrons. The van der Waals surface area contributed by atoms with Crippen molar-refractivity contribution in [3.05, 3.63) is 46.5 Å². The van der Waals surface area contributed by atoms with Crippen molar-refractivity contribution >= 4 is 33.2 Å². The molecule has 2 N–H and O–H groups in total. The Morgan fingerprint density at radius 2 is 1.85 bits per heavy atom. The first-order chi connectivity index (χ1) is 9.40. The highest BCUT2D eigenvalue weighted by Gasteiger charge is 2.21. The van der Waals surface area contributed by atoms with Gasteiger partial charge in [0.25, 0.3) is 0 Å².